The summed E-state index contributed by atoms with van der Waals surface area (Å²) in [5.74, 6) is -0.553. The van der Waals surface area contributed by atoms with Gasteiger partial charge in [-0.25, -0.2) is 0 Å². The molecule has 0 radical (unpaired) electrons. The number of hydrogen-bond donors (Lipinski definition) is 3. The van der Waals surface area contributed by atoms with E-state index in [2.05, 4.69) is 15.3 Å². The molecule has 2 heterocycles. The van der Waals surface area contributed by atoms with Crippen LogP contribution >= 0.6 is 0 Å². The van der Waals surface area contributed by atoms with Gasteiger partial charge in [-0.15, -0.1) is 0 Å². The first-order valence-corrected chi connectivity index (χ1v) is 11.1. The minimum atomic E-state index is -0.887. The molecule has 0 spiro atoms. The van der Waals surface area contributed by atoms with Gasteiger partial charge in [0.15, 0.2) is 5.78 Å². The molecule has 0 aliphatic heterocycles. The number of H-pyrrole nitrogens is 1. The summed E-state index contributed by atoms with van der Waals surface area (Å²) in [4.78, 5) is 45.6. The Morgan fingerprint density at radius 3 is 2.70 bits per heavy atom. The van der Waals surface area contributed by atoms with Gasteiger partial charge in [-0.3, -0.25) is 19.4 Å². The number of benzene rings is 1. The smallest absolute Gasteiger partial charge is 0.240 e. The molecule has 172 valence electrons. The van der Waals surface area contributed by atoms with Crippen LogP contribution in [0.4, 0.5) is 0 Å². The van der Waals surface area contributed by atoms with Gasteiger partial charge in [-0.05, 0) is 42.7 Å². The van der Waals surface area contributed by atoms with Gasteiger partial charge in [0.1, 0.15) is 11.8 Å². The molecule has 3 aromatic rings. The molecule has 1 aliphatic rings. The zero-order valence-electron chi connectivity index (χ0n) is 18.5. The number of carbonyl (C=O) groups is 3. The first-order chi connectivity index (χ1) is 15.9. The normalized spacial score (nSPS) is 15.1. The van der Waals surface area contributed by atoms with E-state index in [1.807, 2.05) is 24.3 Å². The van der Waals surface area contributed by atoms with Crippen LogP contribution < -0.4 is 15.8 Å². The summed E-state index contributed by atoms with van der Waals surface area (Å²) in [7, 11) is 1.58. The van der Waals surface area contributed by atoms with Gasteiger partial charge in [-0.1, -0.05) is 25.0 Å². The predicted octanol–water partition coefficient (Wildman–Crippen LogP) is 2.77. The summed E-state index contributed by atoms with van der Waals surface area (Å²) >= 11 is 0. The average molecular weight is 449 g/mol. The highest BCUT2D eigenvalue weighted by Gasteiger charge is 2.33. The number of pyridine rings is 1. The van der Waals surface area contributed by atoms with Crippen molar-refractivity contribution in [3.8, 4) is 5.75 Å². The van der Waals surface area contributed by atoms with Crippen LogP contribution in [0, 0.1) is 11.8 Å². The third-order valence-electron chi connectivity index (χ3n) is 6.06. The van der Waals surface area contributed by atoms with Crippen LogP contribution in [0.15, 0.2) is 48.7 Å². The Morgan fingerprint density at radius 2 is 2.03 bits per heavy atom. The molecule has 1 fully saturated rings. The molecular formula is C25H28N4O4. The number of Topliss-reactive ketones (excluding diaryl/α,β-unsaturated/α-hetero) is 1. The number of methoxy groups -OCH3 is 1. The van der Waals surface area contributed by atoms with Crippen LogP contribution in [0.1, 0.15) is 41.9 Å². The summed E-state index contributed by atoms with van der Waals surface area (Å²) in [6, 6.07) is 11.8. The summed E-state index contributed by atoms with van der Waals surface area (Å²) in [6.07, 6.45) is 4.58. The van der Waals surface area contributed by atoms with E-state index in [1.54, 1.807) is 31.5 Å². The van der Waals surface area contributed by atoms with Gasteiger partial charge in [-0.2, -0.15) is 0 Å². The molecule has 2 atom stereocenters. The molecule has 4 N–H and O–H groups in total. The number of ketones is 1. The van der Waals surface area contributed by atoms with Gasteiger partial charge < -0.3 is 20.8 Å². The summed E-state index contributed by atoms with van der Waals surface area (Å²) in [6.45, 7) is 0. The zero-order valence-corrected chi connectivity index (χ0v) is 18.5. The Bertz CT molecular complexity index is 1150. The Kier molecular flexibility index (Phi) is 6.72. The largest absolute Gasteiger partial charge is 0.496 e. The number of fused-ring (bicyclic) bond motifs is 1. The summed E-state index contributed by atoms with van der Waals surface area (Å²) in [5, 5.41) is 3.58. The lowest BCUT2D eigenvalue weighted by atomic mass is 9.93. The van der Waals surface area contributed by atoms with Gasteiger partial charge in [0.05, 0.1) is 12.8 Å². The molecule has 2 aromatic heterocycles. The molecule has 8 nitrogen and oxygen atoms in total. The van der Waals surface area contributed by atoms with E-state index in [0.717, 1.165) is 23.7 Å². The maximum Gasteiger partial charge on any atom is 0.240 e. The van der Waals surface area contributed by atoms with Crippen LogP contribution in [0.3, 0.4) is 0 Å². The Labute approximate surface area is 191 Å². The fraction of sp³-hybridized carbons (Fsp3) is 0.360. The van der Waals surface area contributed by atoms with Crippen LogP contribution in [0.5, 0.6) is 5.75 Å². The summed E-state index contributed by atoms with van der Waals surface area (Å²) in [5.41, 5.74) is 7.43. The van der Waals surface area contributed by atoms with Crippen LogP contribution in [-0.2, 0) is 16.0 Å². The third-order valence-corrected chi connectivity index (χ3v) is 6.06. The number of nitrogens with two attached hydrogens (primary N) is 1. The lowest BCUT2D eigenvalue weighted by Crippen LogP contribution is -2.48. The second-order valence-electron chi connectivity index (χ2n) is 8.60. The molecule has 2 amide bonds. The van der Waals surface area contributed by atoms with Gasteiger partial charge in [0.2, 0.25) is 11.8 Å². The van der Waals surface area contributed by atoms with Crippen LogP contribution in [0.2, 0.25) is 0 Å². The van der Waals surface area contributed by atoms with E-state index in [9.17, 15) is 14.4 Å². The second-order valence-corrected chi connectivity index (χ2v) is 8.60. The fourth-order valence-corrected chi connectivity index (χ4v) is 4.07. The zero-order chi connectivity index (χ0) is 23.4. The average Bonchev–Trinajstić information content (AvgIpc) is 3.52. The number of nitrogens with zero attached hydrogens (tertiary/aromatic N) is 1. The Morgan fingerprint density at radius 1 is 1.21 bits per heavy atom. The molecule has 1 aliphatic carbocycles. The number of aromatic amines is 1. The van der Waals surface area contributed by atoms with Crippen molar-refractivity contribution >= 4 is 28.5 Å². The van der Waals surface area contributed by atoms with E-state index in [1.165, 1.54) is 0 Å². The molecule has 0 unspecified atom stereocenters. The molecule has 0 bridgehead atoms. The number of amides is 2. The maximum atomic E-state index is 13.1. The number of primary amides is 1. The molecule has 1 aromatic carbocycles. The third kappa shape index (κ3) is 5.58. The Balaban J connectivity index is 1.48. The molecule has 0 saturated heterocycles. The van der Waals surface area contributed by atoms with Crippen molar-refractivity contribution in [2.24, 2.45) is 17.6 Å². The monoisotopic (exact) mass is 448 g/mol. The molecule has 8 heteroatoms. The van der Waals surface area contributed by atoms with Gasteiger partial charge in [0.25, 0.3) is 0 Å². The number of hydrogen-bond acceptors (Lipinski definition) is 5. The lowest BCUT2D eigenvalue weighted by Gasteiger charge is -2.20. The fourth-order valence-electron chi connectivity index (χ4n) is 4.07. The van der Waals surface area contributed by atoms with Crippen LogP contribution in [-0.4, -0.2) is 40.7 Å². The number of ether oxygens (including phenoxy) is 1. The number of carbonyl (C=O) groups excluding carboxylic acids is 3. The lowest BCUT2D eigenvalue weighted by molar-refractivity contribution is -0.130. The van der Waals surface area contributed by atoms with E-state index in [0.29, 0.717) is 29.5 Å². The van der Waals surface area contributed by atoms with Crippen molar-refractivity contribution in [2.75, 3.05) is 7.11 Å². The number of nitrogens with one attached hydrogen (secondary N) is 2. The van der Waals surface area contributed by atoms with E-state index in [-0.39, 0.29) is 24.5 Å². The van der Waals surface area contributed by atoms with Crippen molar-refractivity contribution < 1.29 is 19.1 Å². The van der Waals surface area contributed by atoms with Crippen molar-refractivity contribution in [1.82, 2.24) is 15.3 Å². The standard InChI is InChI=1S/C25H28N4O4/c1-33-23-7-4-6-19-18(23)14-20(28-19)22(30)12-16(11-15-8-9-15)25(32)29-21(24(26)31)13-17-5-2-3-10-27-17/h2-7,10,14-16,21,28H,8-9,11-13H2,1H3,(H2,26,31)(H,29,32)/t16-,21+/m1/s1. The maximum absolute atomic E-state index is 13.1. The highest BCUT2D eigenvalue weighted by atomic mass is 16.5. The first-order valence-electron chi connectivity index (χ1n) is 11.1. The SMILES string of the molecule is COc1cccc2[nH]c(C(=O)C[C@@H](CC3CC3)C(=O)N[C@@H](Cc3ccccn3)C(N)=O)cc12. The minimum absolute atomic E-state index is 0.0482. The van der Waals surface area contributed by atoms with Crippen LogP contribution in [0.25, 0.3) is 10.9 Å². The topological polar surface area (TPSA) is 127 Å². The van der Waals surface area contributed by atoms with Gasteiger partial charge >= 0.3 is 0 Å². The number of rotatable bonds is 11. The highest BCUT2D eigenvalue weighted by Crippen LogP contribution is 2.37. The van der Waals surface area contributed by atoms with Crippen molar-refractivity contribution in [1.29, 1.82) is 0 Å². The van der Waals surface area contributed by atoms with Gasteiger partial charge in [0, 0.05) is 41.6 Å². The minimum Gasteiger partial charge on any atom is -0.496 e. The van der Waals surface area contributed by atoms with Crippen molar-refractivity contribution in [3.63, 3.8) is 0 Å². The molecule has 1 saturated carbocycles. The van der Waals surface area contributed by atoms with Crippen molar-refractivity contribution in [3.05, 3.63) is 60.0 Å². The quantitative estimate of drug-likeness (QED) is 0.389. The highest BCUT2D eigenvalue weighted by molar-refractivity contribution is 6.02. The van der Waals surface area contributed by atoms with E-state index in [4.69, 9.17) is 10.5 Å². The molecule has 33 heavy (non-hydrogen) atoms. The molecular weight excluding hydrogens is 420 g/mol. The number of aromatic nitrogens is 2. The van der Waals surface area contributed by atoms with Crippen molar-refractivity contribution in [2.45, 2.75) is 38.1 Å². The Hall–Kier alpha value is -3.68. The first kappa shape index (κ1) is 22.5. The van der Waals surface area contributed by atoms with E-state index >= 15 is 0 Å². The predicted molar refractivity (Wildman–Crippen MR) is 124 cm³/mol. The summed E-state index contributed by atoms with van der Waals surface area (Å²) < 4.78 is 5.37. The second kappa shape index (κ2) is 9.85. The molecule has 4 rings (SSSR count). The van der Waals surface area contributed by atoms with E-state index < -0.39 is 17.9 Å².